The second-order valence-electron chi connectivity index (χ2n) is 4.45. The highest BCUT2D eigenvalue weighted by Gasteiger charge is 2.21. The largest absolute Gasteiger partial charge is 0.388 e. The number of halogens is 1. The first-order chi connectivity index (χ1) is 7.11. The summed E-state index contributed by atoms with van der Waals surface area (Å²) < 4.78 is 0. The minimum absolute atomic E-state index is 0.320. The summed E-state index contributed by atoms with van der Waals surface area (Å²) in [5, 5.41) is 10.9. The van der Waals surface area contributed by atoms with Crippen molar-refractivity contribution in [3.05, 3.63) is 33.3 Å². The number of aliphatic hydroxyl groups excluding tert-OH is 1. The van der Waals surface area contributed by atoms with Crippen LogP contribution in [0.2, 0.25) is 5.02 Å². The van der Waals surface area contributed by atoms with Crippen molar-refractivity contribution in [2.24, 2.45) is 0 Å². The molecule has 2 heteroatoms. The average molecular weight is 225 g/mol. The predicted molar refractivity (Wildman–Crippen MR) is 63.4 cm³/mol. The second-order valence-corrected chi connectivity index (χ2v) is 4.86. The molecule has 1 aliphatic rings. The van der Waals surface area contributed by atoms with Crippen LogP contribution in [-0.2, 0) is 6.42 Å². The molecule has 0 bridgehead atoms. The van der Waals surface area contributed by atoms with Gasteiger partial charge in [0.25, 0.3) is 0 Å². The van der Waals surface area contributed by atoms with Gasteiger partial charge in [-0.25, -0.2) is 0 Å². The fourth-order valence-electron chi connectivity index (χ4n) is 2.44. The van der Waals surface area contributed by atoms with E-state index >= 15 is 0 Å². The molecular formula is C13H17ClO. The molecular weight excluding hydrogens is 208 g/mol. The topological polar surface area (TPSA) is 20.2 Å². The van der Waals surface area contributed by atoms with Crippen molar-refractivity contribution in [2.75, 3.05) is 0 Å². The van der Waals surface area contributed by atoms with E-state index in [1.165, 1.54) is 16.7 Å². The lowest BCUT2D eigenvalue weighted by Gasteiger charge is -2.18. The van der Waals surface area contributed by atoms with E-state index < -0.39 is 0 Å². The summed E-state index contributed by atoms with van der Waals surface area (Å²) in [5.74, 6) is 0. The predicted octanol–water partition coefficient (Wildman–Crippen LogP) is 3.72. The summed E-state index contributed by atoms with van der Waals surface area (Å²) in [6.07, 6.45) is 3.77. The van der Waals surface area contributed by atoms with Crippen molar-refractivity contribution in [3.63, 3.8) is 0 Å². The molecule has 0 saturated carbocycles. The van der Waals surface area contributed by atoms with Gasteiger partial charge >= 0.3 is 0 Å². The summed E-state index contributed by atoms with van der Waals surface area (Å²) >= 11 is 6.25. The molecule has 1 aliphatic carbocycles. The molecule has 2 rings (SSSR count). The van der Waals surface area contributed by atoms with Gasteiger partial charge in [0.15, 0.2) is 0 Å². The summed E-state index contributed by atoms with van der Waals surface area (Å²) in [7, 11) is 0. The van der Waals surface area contributed by atoms with Crippen molar-refractivity contribution in [3.8, 4) is 0 Å². The first-order valence-electron chi connectivity index (χ1n) is 5.58. The molecule has 1 N–H and O–H groups in total. The van der Waals surface area contributed by atoms with E-state index in [0.29, 0.717) is 0 Å². The maximum Gasteiger partial charge on any atom is 0.0795 e. The highest BCUT2D eigenvalue weighted by Crippen LogP contribution is 2.36. The van der Waals surface area contributed by atoms with Crippen LogP contribution in [0, 0.1) is 13.8 Å². The Bertz CT molecular complexity index is 385. The van der Waals surface area contributed by atoms with Crippen LogP contribution in [0.4, 0.5) is 0 Å². The van der Waals surface area contributed by atoms with E-state index in [2.05, 4.69) is 13.8 Å². The molecule has 0 spiro atoms. The fraction of sp³-hybridized carbons (Fsp3) is 0.538. The van der Waals surface area contributed by atoms with Crippen LogP contribution in [0.1, 0.15) is 47.6 Å². The van der Waals surface area contributed by atoms with Crippen LogP contribution in [0.5, 0.6) is 0 Å². The van der Waals surface area contributed by atoms with E-state index in [4.69, 9.17) is 11.6 Å². The van der Waals surface area contributed by atoms with Gasteiger partial charge in [-0.05, 0) is 61.4 Å². The zero-order chi connectivity index (χ0) is 11.0. The van der Waals surface area contributed by atoms with Crippen LogP contribution in [0.3, 0.4) is 0 Å². The van der Waals surface area contributed by atoms with Crippen molar-refractivity contribution in [1.29, 1.82) is 0 Å². The highest BCUT2D eigenvalue weighted by molar-refractivity contribution is 6.31. The maximum absolute atomic E-state index is 10.1. The molecule has 0 radical (unpaired) electrons. The molecule has 15 heavy (non-hydrogen) atoms. The second kappa shape index (κ2) is 4.15. The molecule has 1 aromatic carbocycles. The van der Waals surface area contributed by atoms with Crippen LogP contribution in [0.15, 0.2) is 6.07 Å². The molecule has 0 aromatic heterocycles. The van der Waals surface area contributed by atoms with Crippen molar-refractivity contribution in [1.82, 2.24) is 0 Å². The Hall–Kier alpha value is -0.530. The van der Waals surface area contributed by atoms with Gasteiger partial charge < -0.3 is 5.11 Å². The van der Waals surface area contributed by atoms with E-state index in [-0.39, 0.29) is 6.10 Å². The Morgan fingerprint density at radius 3 is 2.80 bits per heavy atom. The molecule has 0 saturated heterocycles. The normalized spacial score (nSPS) is 20.9. The number of aliphatic hydroxyl groups is 1. The van der Waals surface area contributed by atoms with Crippen molar-refractivity contribution in [2.45, 2.75) is 45.6 Å². The van der Waals surface area contributed by atoms with Crippen LogP contribution in [-0.4, -0.2) is 5.11 Å². The van der Waals surface area contributed by atoms with Gasteiger partial charge in [0, 0.05) is 5.02 Å². The summed E-state index contributed by atoms with van der Waals surface area (Å²) in [6, 6.07) is 2.02. The van der Waals surface area contributed by atoms with E-state index in [9.17, 15) is 5.11 Å². The standard InChI is InChI=1S/C13H17ClO/c1-8-7-11(14)10-5-3-4-6-12(15)13(10)9(8)2/h7,12,15H,3-6H2,1-2H3/t12-/m0/s1. The van der Waals surface area contributed by atoms with Gasteiger partial charge in [-0.1, -0.05) is 18.0 Å². The molecule has 0 unspecified atom stereocenters. The number of benzene rings is 1. The monoisotopic (exact) mass is 224 g/mol. The Morgan fingerprint density at radius 1 is 1.33 bits per heavy atom. The van der Waals surface area contributed by atoms with Crippen LogP contribution >= 0.6 is 11.6 Å². The number of hydrogen-bond donors (Lipinski definition) is 1. The van der Waals surface area contributed by atoms with Gasteiger partial charge in [0.1, 0.15) is 0 Å². The van der Waals surface area contributed by atoms with Gasteiger partial charge in [0.2, 0.25) is 0 Å². The Morgan fingerprint density at radius 2 is 2.07 bits per heavy atom. The van der Waals surface area contributed by atoms with Crippen molar-refractivity contribution < 1.29 is 5.11 Å². The van der Waals surface area contributed by atoms with Crippen LogP contribution in [0.25, 0.3) is 0 Å². The van der Waals surface area contributed by atoms with Gasteiger partial charge in [-0.3, -0.25) is 0 Å². The molecule has 82 valence electrons. The Kier molecular flexibility index (Phi) is 3.03. The average Bonchev–Trinajstić information content (AvgIpc) is 2.37. The summed E-state index contributed by atoms with van der Waals surface area (Å²) in [5.41, 5.74) is 4.66. The molecule has 1 aromatic rings. The summed E-state index contributed by atoms with van der Waals surface area (Å²) in [6.45, 7) is 4.14. The molecule has 0 aliphatic heterocycles. The van der Waals surface area contributed by atoms with Gasteiger partial charge in [0.05, 0.1) is 6.10 Å². The third-order valence-corrected chi connectivity index (χ3v) is 3.78. The molecule has 0 amide bonds. The maximum atomic E-state index is 10.1. The zero-order valence-electron chi connectivity index (χ0n) is 9.31. The first kappa shape index (κ1) is 11.0. The number of hydrogen-bond acceptors (Lipinski definition) is 1. The van der Waals surface area contributed by atoms with Gasteiger partial charge in [-0.2, -0.15) is 0 Å². The molecule has 0 fully saturated rings. The third-order valence-electron chi connectivity index (χ3n) is 3.44. The fourth-order valence-corrected chi connectivity index (χ4v) is 2.80. The molecule has 1 nitrogen and oxygen atoms in total. The minimum atomic E-state index is -0.320. The number of aryl methyl sites for hydroxylation is 1. The Labute approximate surface area is 96.1 Å². The first-order valence-corrected chi connectivity index (χ1v) is 5.95. The number of fused-ring (bicyclic) bond motifs is 1. The lowest BCUT2D eigenvalue weighted by Crippen LogP contribution is -2.04. The van der Waals surface area contributed by atoms with E-state index in [1.807, 2.05) is 6.07 Å². The lowest BCUT2D eigenvalue weighted by atomic mass is 9.93. The van der Waals surface area contributed by atoms with E-state index in [0.717, 1.165) is 36.3 Å². The SMILES string of the molecule is Cc1cc(Cl)c2c(c1C)[C@@H](O)CCCC2. The highest BCUT2D eigenvalue weighted by atomic mass is 35.5. The minimum Gasteiger partial charge on any atom is -0.388 e. The third kappa shape index (κ3) is 1.91. The Balaban J connectivity index is 2.63. The molecule has 0 heterocycles. The number of rotatable bonds is 0. The lowest BCUT2D eigenvalue weighted by molar-refractivity contribution is 0.166. The van der Waals surface area contributed by atoms with E-state index in [1.54, 1.807) is 0 Å². The van der Waals surface area contributed by atoms with Crippen LogP contribution < -0.4 is 0 Å². The smallest absolute Gasteiger partial charge is 0.0795 e. The quantitative estimate of drug-likeness (QED) is 0.666. The summed E-state index contributed by atoms with van der Waals surface area (Å²) in [4.78, 5) is 0. The molecule has 1 atom stereocenters. The van der Waals surface area contributed by atoms with Gasteiger partial charge in [-0.15, -0.1) is 0 Å². The van der Waals surface area contributed by atoms with Crippen molar-refractivity contribution >= 4 is 11.6 Å². The zero-order valence-corrected chi connectivity index (χ0v) is 10.1.